The molecule has 1 N–H and O–H groups in total. The van der Waals surface area contributed by atoms with E-state index in [0.29, 0.717) is 18.0 Å². The van der Waals surface area contributed by atoms with Crippen molar-refractivity contribution in [2.45, 2.75) is 5.92 Å². The lowest BCUT2D eigenvalue weighted by molar-refractivity contribution is -0.142. The van der Waals surface area contributed by atoms with E-state index in [2.05, 4.69) is 0 Å². The van der Waals surface area contributed by atoms with E-state index >= 15 is 0 Å². The number of carboxylic acids is 1. The van der Waals surface area contributed by atoms with Gasteiger partial charge in [0.15, 0.2) is 11.5 Å². The second-order valence-corrected chi connectivity index (χ2v) is 5.40. The molecule has 0 unspecified atom stereocenters. The minimum absolute atomic E-state index is 0.0415. The minimum Gasteiger partial charge on any atom is -0.481 e. The minimum atomic E-state index is -0.907. The van der Waals surface area contributed by atoms with Gasteiger partial charge < -0.3 is 24.2 Å². The molecule has 1 saturated heterocycles. The largest absolute Gasteiger partial charge is 0.481 e. The maximum Gasteiger partial charge on any atom is 0.308 e. The van der Waals surface area contributed by atoms with E-state index in [4.69, 9.17) is 14.2 Å². The summed E-state index contributed by atoms with van der Waals surface area (Å²) in [4.78, 5) is 25.0. The first-order valence-corrected chi connectivity index (χ1v) is 6.99. The molecule has 7 heteroatoms. The van der Waals surface area contributed by atoms with Crippen LogP contribution in [0.2, 0.25) is 0 Å². The summed E-state index contributed by atoms with van der Waals surface area (Å²) in [6.07, 6.45) is 0. The Hall–Kier alpha value is -2.28. The Morgan fingerprint density at radius 1 is 1.32 bits per heavy atom. The van der Waals surface area contributed by atoms with Gasteiger partial charge in [0, 0.05) is 26.1 Å². The summed E-state index contributed by atoms with van der Waals surface area (Å²) in [5.74, 6) is -0.745. The number of ether oxygens (including phenoxy) is 3. The molecule has 22 heavy (non-hydrogen) atoms. The van der Waals surface area contributed by atoms with Crippen LogP contribution in [0.5, 0.6) is 11.5 Å². The van der Waals surface area contributed by atoms with Crippen LogP contribution in [-0.2, 0) is 14.3 Å². The number of rotatable bonds is 4. The predicted octanol–water partition coefficient (Wildman–Crippen LogP) is 0.688. The Labute approximate surface area is 127 Å². The van der Waals surface area contributed by atoms with E-state index in [0.717, 1.165) is 5.56 Å². The van der Waals surface area contributed by atoms with E-state index in [9.17, 15) is 14.7 Å². The number of likely N-dealkylation sites (tertiary alicyclic amines) is 1. The number of carbonyl (C=O) groups excluding carboxylic acids is 1. The normalized spacial score (nSPS) is 22.9. The Kier molecular flexibility index (Phi) is 3.89. The highest BCUT2D eigenvalue weighted by Crippen LogP contribution is 2.39. The molecule has 3 rings (SSSR count). The summed E-state index contributed by atoms with van der Waals surface area (Å²) in [5.41, 5.74) is 0.837. The van der Waals surface area contributed by atoms with Crippen molar-refractivity contribution in [3.05, 3.63) is 23.8 Å². The van der Waals surface area contributed by atoms with E-state index < -0.39 is 11.9 Å². The standard InChI is InChI=1S/C15H17NO6/c1-20-7-14(17)16-5-10(11(6-16)15(18)19)9-2-3-12-13(4-9)22-8-21-12/h2-4,10-11H,5-8H2,1H3,(H,18,19)/t10-,11+/m0/s1. The number of carbonyl (C=O) groups is 2. The molecule has 2 atom stereocenters. The van der Waals surface area contributed by atoms with Crippen LogP contribution in [-0.4, -0.2) is 55.5 Å². The van der Waals surface area contributed by atoms with Crippen molar-refractivity contribution in [3.8, 4) is 11.5 Å². The van der Waals surface area contributed by atoms with Crippen LogP contribution in [0.25, 0.3) is 0 Å². The van der Waals surface area contributed by atoms with Gasteiger partial charge in [-0.3, -0.25) is 9.59 Å². The molecule has 0 bridgehead atoms. The van der Waals surface area contributed by atoms with Crippen molar-refractivity contribution in [3.63, 3.8) is 0 Å². The second kappa shape index (κ2) is 5.84. The van der Waals surface area contributed by atoms with Gasteiger partial charge in [0.05, 0.1) is 5.92 Å². The van der Waals surface area contributed by atoms with E-state index in [1.165, 1.54) is 12.0 Å². The number of nitrogens with zero attached hydrogens (tertiary/aromatic N) is 1. The van der Waals surface area contributed by atoms with E-state index in [1.807, 2.05) is 6.07 Å². The molecule has 0 radical (unpaired) electrons. The Morgan fingerprint density at radius 2 is 2.09 bits per heavy atom. The van der Waals surface area contributed by atoms with Crippen molar-refractivity contribution in [2.24, 2.45) is 5.92 Å². The molecule has 2 heterocycles. The zero-order valence-corrected chi connectivity index (χ0v) is 12.2. The molecule has 0 aromatic heterocycles. The average Bonchev–Trinajstić information content (AvgIpc) is 3.13. The van der Waals surface area contributed by atoms with Gasteiger partial charge in [-0.25, -0.2) is 0 Å². The summed E-state index contributed by atoms with van der Waals surface area (Å²) < 4.78 is 15.4. The fourth-order valence-corrected chi connectivity index (χ4v) is 2.95. The summed E-state index contributed by atoms with van der Waals surface area (Å²) in [5, 5.41) is 9.44. The van der Waals surface area contributed by atoms with Crippen LogP contribution < -0.4 is 9.47 Å². The summed E-state index contributed by atoms with van der Waals surface area (Å²) in [7, 11) is 1.44. The number of methoxy groups -OCH3 is 1. The van der Waals surface area contributed by atoms with Crippen molar-refractivity contribution in [1.82, 2.24) is 4.90 Å². The lowest BCUT2D eigenvalue weighted by Gasteiger charge is -2.16. The number of hydrogen-bond donors (Lipinski definition) is 1. The van der Waals surface area contributed by atoms with Crippen LogP contribution in [0.15, 0.2) is 18.2 Å². The highest BCUT2D eigenvalue weighted by molar-refractivity contribution is 5.80. The van der Waals surface area contributed by atoms with Crippen LogP contribution in [0, 0.1) is 5.92 Å². The maximum atomic E-state index is 11.9. The maximum absolute atomic E-state index is 11.9. The zero-order valence-electron chi connectivity index (χ0n) is 12.2. The quantitative estimate of drug-likeness (QED) is 0.881. The molecule has 1 amide bonds. The lowest BCUT2D eigenvalue weighted by Crippen LogP contribution is -2.32. The van der Waals surface area contributed by atoms with Crippen molar-refractivity contribution in [1.29, 1.82) is 0 Å². The monoisotopic (exact) mass is 307 g/mol. The van der Waals surface area contributed by atoms with Crippen molar-refractivity contribution in [2.75, 3.05) is 33.6 Å². The number of benzene rings is 1. The molecule has 2 aliphatic rings. The number of hydrogen-bond acceptors (Lipinski definition) is 5. The van der Waals surface area contributed by atoms with Crippen LogP contribution in [0.1, 0.15) is 11.5 Å². The predicted molar refractivity (Wildman–Crippen MR) is 74.9 cm³/mol. The number of carboxylic acid groups (broad SMARTS) is 1. The van der Waals surface area contributed by atoms with Crippen LogP contribution in [0.3, 0.4) is 0 Å². The van der Waals surface area contributed by atoms with Gasteiger partial charge in [0.25, 0.3) is 0 Å². The second-order valence-electron chi connectivity index (χ2n) is 5.40. The number of aliphatic carboxylic acids is 1. The third-order valence-corrected chi connectivity index (χ3v) is 4.08. The highest BCUT2D eigenvalue weighted by Gasteiger charge is 2.40. The highest BCUT2D eigenvalue weighted by atomic mass is 16.7. The van der Waals surface area contributed by atoms with Crippen molar-refractivity contribution < 1.29 is 28.9 Å². The Bertz CT molecular complexity index is 602. The average molecular weight is 307 g/mol. The third-order valence-electron chi connectivity index (χ3n) is 4.08. The fourth-order valence-electron chi connectivity index (χ4n) is 2.95. The van der Waals surface area contributed by atoms with Gasteiger partial charge in [-0.15, -0.1) is 0 Å². The molecule has 0 spiro atoms. The molecule has 2 aliphatic heterocycles. The molecule has 1 aromatic carbocycles. The van der Waals surface area contributed by atoms with E-state index in [-0.39, 0.29) is 31.8 Å². The molecular weight excluding hydrogens is 290 g/mol. The van der Waals surface area contributed by atoms with Gasteiger partial charge >= 0.3 is 5.97 Å². The van der Waals surface area contributed by atoms with Gasteiger partial charge in [-0.1, -0.05) is 6.07 Å². The van der Waals surface area contributed by atoms with Crippen LogP contribution >= 0.6 is 0 Å². The van der Waals surface area contributed by atoms with Gasteiger partial charge in [-0.05, 0) is 17.7 Å². The SMILES string of the molecule is COCC(=O)N1C[C@@H](C(=O)O)[C@H](c2ccc3c(c2)OCO3)C1. The summed E-state index contributed by atoms with van der Waals surface area (Å²) in [6.45, 7) is 0.680. The fraction of sp³-hybridized carbons (Fsp3) is 0.467. The molecule has 7 nitrogen and oxygen atoms in total. The summed E-state index contributed by atoms with van der Waals surface area (Å²) in [6, 6.07) is 5.40. The molecule has 0 saturated carbocycles. The molecule has 1 aromatic rings. The molecular formula is C15H17NO6. The Morgan fingerprint density at radius 3 is 2.82 bits per heavy atom. The van der Waals surface area contributed by atoms with E-state index in [1.54, 1.807) is 12.1 Å². The first-order chi connectivity index (χ1) is 10.6. The molecule has 1 fully saturated rings. The molecule has 118 valence electrons. The number of amides is 1. The van der Waals surface area contributed by atoms with Gasteiger partial charge in [-0.2, -0.15) is 0 Å². The van der Waals surface area contributed by atoms with Crippen LogP contribution in [0.4, 0.5) is 0 Å². The topological polar surface area (TPSA) is 85.3 Å². The third kappa shape index (κ3) is 2.59. The van der Waals surface area contributed by atoms with Crippen molar-refractivity contribution >= 4 is 11.9 Å². The summed E-state index contributed by atoms with van der Waals surface area (Å²) >= 11 is 0. The number of fused-ring (bicyclic) bond motifs is 1. The first-order valence-electron chi connectivity index (χ1n) is 6.99. The van der Waals surface area contributed by atoms with Gasteiger partial charge in [0.1, 0.15) is 6.61 Å². The lowest BCUT2D eigenvalue weighted by atomic mass is 9.89. The Balaban J connectivity index is 1.84. The molecule has 0 aliphatic carbocycles. The smallest absolute Gasteiger partial charge is 0.308 e. The first kappa shape index (κ1) is 14.6. The van der Waals surface area contributed by atoms with Gasteiger partial charge in [0.2, 0.25) is 12.7 Å². The zero-order chi connectivity index (χ0) is 15.7.